The lowest BCUT2D eigenvalue weighted by Gasteiger charge is -2.15. The maximum absolute atomic E-state index is 12.8. The van der Waals surface area contributed by atoms with Gasteiger partial charge in [-0.05, 0) is 105 Å². The number of hydrogen-bond acceptors (Lipinski definition) is 5. The molecule has 0 amide bonds. The summed E-state index contributed by atoms with van der Waals surface area (Å²) in [6.07, 6.45) is 12.4. The molecule has 0 aliphatic rings. The highest BCUT2D eigenvalue weighted by atomic mass is 16.5. The Balaban J connectivity index is 2.21. The molecule has 37 heavy (non-hydrogen) atoms. The molecule has 0 unspecified atom stereocenters. The molecule has 0 aliphatic carbocycles. The van der Waals surface area contributed by atoms with E-state index in [0.29, 0.717) is 35.7 Å². The maximum atomic E-state index is 12.8. The van der Waals surface area contributed by atoms with Crippen molar-refractivity contribution in [1.82, 2.24) is 0 Å². The van der Waals surface area contributed by atoms with Crippen LogP contribution in [0.25, 0.3) is 11.0 Å². The third kappa shape index (κ3) is 10.7. The molecule has 5 heteroatoms. The number of rotatable bonds is 14. The van der Waals surface area contributed by atoms with Crippen molar-refractivity contribution >= 4 is 11.0 Å². The van der Waals surface area contributed by atoms with Gasteiger partial charge in [0.05, 0.1) is 11.5 Å². The number of allylic oxidation sites excluding steroid dienone is 6. The Hall–Kier alpha value is -3.21. The first-order chi connectivity index (χ1) is 17.6. The maximum Gasteiger partial charge on any atom is 0.383 e. The Bertz CT molecular complexity index is 1200. The molecule has 0 spiro atoms. The van der Waals surface area contributed by atoms with E-state index in [1.807, 2.05) is 32.1 Å². The van der Waals surface area contributed by atoms with Crippen LogP contribution in [0.2, 0.25) is 0 Å². The van der Waals surface area contributed by atoms with Gasteiger partial charge in [0.15, 0.2) is 5.75 Å². The highest BCUT2D eigenvalue weighted by Gasteiger charge is 2.19. The molecule has 0 saturated heterocycles. The molecule has 1 aromatic heterocycles. The summed E-state index contributed by atoms with van der Waals surface area (Å²) >= 11 is 0. The van der Waals surface area contributed by atoms with Crippen LogP contribution in [0.3, 0.4) is 0 Å². The van der Waals surface area contributed by atoms with Crippen LogP contribution in [-0.2, 0) is 0 Å². The van der Waals surface area contributed by atoms with E-state index in [2.05, 4.69) is 59.8 Å². The zero-order chi connectivity index (χ0) is 27.4. The monoisotopic (exact) mass is 508 g/mol. The normalized spacial score (nSPS) is 12.0. The van der Waals surface area contributed by atoms with Crippen molar-refractivity contribution in [3.63, 3.8) is 0 Å². The molecular formula is C32H44O5. The van der Waals surface area contributed by atoms with Crippen LogP contribution < -0.4 is 19.8 Å². The highest BCUT2D eigenvalue weighted by Crippen LogP contribution is 2.35. The van der Waals surface area contributed by atoms with Crippen LogP contribution in [0, 0.1) is 0 Å². The summed E-state index contributed by atoms with van der Waals surface area (Å²) < 4.78 is 23.4. The van der Waals surface area contributed by atoms with E-state index in [9.17, 15) is 4.79 Å². The lowest BCUT2D eigenvalue weighted by molar-refractivity contribution is 0.216. The molecule has 0 N–H and O–H groups in total. The molecule has 2 aromatic rings. The molecule has 0 radical (unpaired) electrons. The number of ether oxygens (including phenoxy) is 3. The first kappa shape index (κ1) is 30.0. The molecule has 0 bridgehead atoms. The Labute approximate surface area is 222 Å². The van der Waals surface area contributed by atoms with Crippen molar-refractivity contribution in [2.24, 2.45) is 0 Å². The van der Waals surface area contributed by atoms with Crippen LogP contribution in [0.5, 0.6) is 17.2 Å². The summed E-state index contributed by atoms with van der Waals surface area (Å²) in [6.45, 7) is 17.1. The quantitative estimate of drug-likeness (QED) is 0.189. The summed E-state index contributed by atoms with van der Waals surface area (Å²) in [5.41, 5.74) is 5.00. The Morgan fingerprint density at radius 3 is 1.92 bits per heavy atom. The third-order valence-electron chi connectivity index (χ3n) is 5.67. The van der Waals surface area contributed by atoms with Gasteiger partial charge in [-0.15, -0.1) is 0 Å². The van der Waals surface area contributed by atoms with E-state index in [4.69, 9.17) is 18.6 Å². The SMILES string of the molecule is CC(C)=CCC/C(C)=C/COc1ccc2c(OC/C=C(\C)CCC=C(C)C)c(OC(C)C)c(=O)oc2c1. The second-order valence-electron chi connectivity index (χ2n) is 10.2. The Morgan fingerprint density at radius 1 is 0.811 bits per heavy atom. The predicted octanol–water partition coefficient (Wildman–Crippen LogP) is 8.72. The van der Waals surface area contributed by atoms with Crippen LogP contribution in [0.4, 0.5) is 0 Å². The average Bonchev–Trinajstić information content (AvgIpc) is 2.80. The zero-order valence-electron chi connectivity index (χ0n) is 23.9. The van der Waals surface area contributed by atoms with Gasteiger partial charge in [-0.2, -0.15) is 0 Å². The summed E-state index contributed by atoms with van der Waals surface area (Å²) in [5, 5.41) is 0.673. The fourth-order valence-electron chi connectivity index (χ4n) is 3.63. The predicted molar refractivity (Wildman–Crippen MR) is 154 cm³/mol. The summed E-state index contributed by atoms with van der Waals surface area (Å²) in [4.78, 5) is 12.8. The van der Waals surface area contributed by atoms with E-state index in [-0.39, 0.29) is 11.9 Å². The second-order valence-corrected chi connectivity index (χ2v) is 10.2. The van der Waals surface area contributed by atoms with Crippen LogP contribution in [-0.4, -0.2) is 19.3 Å². The first-order valence-corrected chi connectivity index (χ1v) is 13.2. The summed E-state index contributed by atoms with van der Waals surface area (Å²) in [7, 11) is 0. The van der Waals surface area contributed by atoms with Crippen molar-refractivity contribution in [3.05, 3.63) is 75.2 Å². The lowest BCUT2D eigenvalue weighted by atomic mass is 10.1. The lowest BCUT2D eigenvalue weighted by Crippen LogP contribution is -2.15. The molecule has 2 rings (SSSR count). The van der Waals surface area contributed by atoms with Gasteiger partial charge in [-0.3, -0.25) is 0 Å². The van der Waals surface area contributed by atoms with E-state index in [1.54, 1.807) is 6.07 Å². The standard InChI is InChI=1S/C32H44O5/c1-22(2)11-9-13-25(7)17-19-34-27-15-16-28-29(21-27)37-32(33)31(36-24(5)6)30(28)35-20-18-26(8)14-10-12-23(3)4/h11-12,15-18,21,24H,9-10,13-14,19-20H2,1-8H3/b25-17+,26-18+. The van der Waals surface area contributed by atoms with Gasteiger partial charge in [0.25, 0.3) is 0 Å². The van der Waals surface area contributed by atoms with Crippen LogP contribution in [0.1, 0.15) is 81.1 Å². The summed E-state index contributed by atoms with van der Waals surface area (Å²) in [5.74, 6) is 1.12. The fraction of sp³-hybridized carbons (Fsp3) is 0.469. The van der Waals surface area contributed by atoms with Crippen LogP contribution in [0.15, 0.2) is 74.0 Å². The third-order valence-corrected chi connectivity index (χ3v) is 5.67. The van der Waals surface area contributed by atoms with Gasteiger partial charge in [0, 0.05) is 6.07 Å². The summed E-state index contributed by atoms with van der Waals surface area (Å²) in [6, 6.07) is 5.45. The molecule has 1 aromatic carbocycles. The molecular weight excluding hydrogens is 464 g/mol. The molecule has 1 heterocycles. The molecule has 202 valence electrons. The van der Waals surface area contributed by atoms with E-state index in [0.717, 1.165) is 25.7 Å². The minimum Gasteiger partial charge on any atom is -0.489 e. The highest BCUT2D eigenvalue weighted by molar-refractivity contribution is 5.86. The Kier molecular flexibility index (Phi) is 12.3. The van der Waals surface area contributed by atoms with Gasteiger partial charge >= 0.3 is 5.63 Å². The fourth-order valence-corrected chi connectivity index (χ4v) is 3.63. The van der Waals surface area contributed by atoms with Crippen molar-refractivity contribution in [2.75, 3.05) is 13.2 Å². The molecule has 0 fully saturated rings. The Morgan fingerprint density at radius 2 is 1.38 bits per heavy atom. The van der Waals surface area contributed by atoms with E-state index >= 15 is 0 Å². The van der Waals surface area contributed by atoms with Gasteiger partial charge < -0.3 is 18.6 Å². The van der Waals surface area contributed by atoms with Gasteiger partial charge in [0.2, 0.25) is 5.75 Å². The minimum atomic E-state index is -0.562. The number of fused-ring (bicyclic) bond motifs is 1. The number of benzene rings is 1. The topological polar surface area (TPSA) is 57.9 Å². The molecule has 0 aliphatic heterocycles. The smallest absolute Gasteiger partial charge is 0.383 e. The van der Waals surface area contributed by atoms with Crippen molar-refractivity contribution in [1.29, 1.82) is 0 Å². The van der Waals surface area contributed by atoms with Gasteiger partial charge in [-0.1, -0.05) is 34.4 Å². The molecule has 0 saturated carbocycles. The largest absolute Gasteiger partial charge is 0.489 e. The van der Waals surface area contributed by atoms with Gasteiger partial charge in [-0.25, -0.2) is 4.79 Å². The minimum absolute atomic E-state index is 0.0988. The first-order valence-electron chi connectivity index (χ1n) is 13.2. The number of hydrogen-bond donors (Lipinski definition) is 0. The van der Waals surface area contributed by atoms with Crippen molar-refractivity contribution in [3.8, 4) is 17.2 Å². The molecule has 0 atom stereocenters. The zero-order valence-corrected chi connectivity index (χ0v) is 23.9. The van der Waals surface area contributed by atoms with E-state index in [1.165, 1.54) is 22.3 Å². The van der Waals surface area contributed by atoms with E-state index < -0.39 is 5.63 Å². The van der Waals surface area contributed by atoms with Crippen molar-refractivity contribution in [2.45, 2.75) is 87.2 Å². The molecule has 5 nitrogen and oxygen atoms in total. The average molecular weight is 509 g/mol. The van der Waals surface area contributed by atoms with Gasteiger partial charge in [0.1, 0.15) is 24.5 Å². The van der Waals surface area contributed by atoms with Crippen LogP contribution >= 0.6 is 0 Å². The van der Waals surface area contributed by atoms with Crippen molar-refractivity contribution < 1.29 is 18.6 Å². The second kappa shape index (κ2) is 15.1.